The average molecular weight is 176 g/mol. The summed E-state index contributed by atoms with van der Waals surface area (Å²) in [5, 5.41) is 17.9. The quantitative estimate of drug-likeness (QED) is 0.603. The second-order valence-corrected chi connectivity index (χ2v) is 3.25. The SMILES string of the molecule is O=C1c2ccccc2CC1B(O)O. The molecule has 0 heterocycles. The summed E-state index contributed by atoms with van der Waals surface area (Å²) in [6, 6.07) is 7.19. The lowest BCUT2D eigenvalue weighted by Gasteiger charge is -2.03. The standard InChI is InChI=1S/C9H9BO3/c11-9-7-4-2-1-3-6(7)5-8(9)10(12)13/h1-4,8,12-13H,5H2. The van der Waals surface area contributed by atoms with Crippen LogP contribution in [0.1, 0.15) is 15.9 Å². The van der Waals surface area contributed by atoms with E-state index in [-0.39, 0.29) is 5.78 Å². The molecule has 0 spiro atoms. The van der Waals surface area contributed by atoms with Crippen LogP contribution in [0, 0.1) is 0 Å². The summed E-state index contributed by atoms with van der Waals surface area (Å²) >= 11 is 0. The number of Topliss-reactive ketones (excluding diaryl/α,β-unsaturated/α-hetero) is 1. The monoisotopic (exact) mass is 176 g/mol. The average Bonchev–Trinajstić information content (AvgIpc) is 2.45. The van der Waals surface area contributed by atoms with Gasteiger partial charge in [-0.2, -0.15) is 0 Å². The molecule has 0 radical (unpaired) electrons. The van der Waals surface area contributed by atoms with Crippen molar-refractivity contribution < 1.29 is 14.8 Å². The van der Waals surface area contributed by atoms with Crippen molar-refractivity contribution in [2.45, 2.75) is 12.2 Å². The number of carbonyl (C=O) groups excluding carboxylic acids is 1. The third kappa shape index (κ3) is 1.28. The van der Waals surface area contributed by atoms with Gasteiger partial charge < -0.3 is 10.0 Å². The van der Waals surface area contributed by atoms with Crippen LogP contribution in [-0.2, 0) is 6.42 Å². The van der Waals surface area contributed by atoms with E-state index in [9.17, 15) is 4.79 Å². The minimum atomic E-state index is -1.54. The number of ketones is 1. The van der Waals surface area contributed by atoms with Crippen LogP contribution >= 0.6 is 0 Å². The van der Waals surface area contributed by atoms with Gasteiger partial charge in [0.15, 0.2) is 5.78 Å². The van der Waals surface area contributed by atoms with Crippen LogP contribution in [0.4, 0.5) is 0 Å². The third-order valence-electron chi connectivity index (χ3n) is 2.42. The molecule has 13 heavy (non-hydrogen) atoms. The third-order valence-corrected chi connectivity index (χ3v) is 2.42. The normalized spacial score (nSPS) is 20.2. The van der Waals surface area contributed by atoms with Crippen LogP contribution < -0.4 is 0 Å². The van der Waals surface area contributed by atoms with E-state index in [2.05, 4.69) is 0 Å². The molecule has 0 aliphatic heterocycles. The van der Waals surface area contributed by atoms with E-state index >= 15 is 0 Å². The maximum atomic E-state index is 11.5. The zero-order valence-corrected chi connectivity index (χ0v) is 6.97. The number of hydrogen-bond acceptors (Lipinski definition) is 3. The van der Waals surface area contributed by atoms with Crippen molar-refractivity contribution >= 4 is 12.9 Å². The molecule has 0 saturated heterocycles. The molecule has 1 atom stereocenters. The summed E-state index contributed by atoms with van der Waals surface area (Å²) in [5.41, 5.74) is 1.53. The zero-order chi connectivity index (χ0) is 9.42. The minimum Gasteiger partial charge on any atom is -0.427 e. The van der Waals surface area contributed by atoms with Crippen molar-refractivity contribution in [1.29, 1.82) is 0 Å². The minimum absolute atomic E-state index is 0.161. The van der Waals surface area contributed by atoms with Crippen molar-refractivity contribution in [2.24, 2.45) is 0 Å². The van der Waals surface area contributed by atoms with Gasteiger partial charge in [0, 0.05) is 5.56 Å². The molecule has 1 aromatic rings. The van der Waals surface area contributed by atoms with E-state index in [0.717, 1.165) is 5.56 Å². The van der Waals surface area contributed by atoms with Gasteiger partial charge in [-0.3, -0.25) is 4.79 Å². The van der Waals surface area contributed by atoms with E-state index in [0.29, 0.717) is 12.0 Å². The van der Waals surface area contributed by atoms with E-state index < -0.39 is 12.9 Å². The molecule has 1 unspecified atom stereocenters. The van der Waals surface area contributed by atoms with Gasteiger partial charge in [0.1, 0.15) is 0 Å². The summed E-state index contributed by atoms with van der Waals surface area (Å²) < 4.78 is 0. The lowest BCUT2D eigenvalue weighted by Crippen LogP contribution is -2.24. The summed E-state index contributed by atoms with van der Waals surface area (Å²) in [5.74, 6) is -0.831. The summed E-state index contributed by atoms with van der Waals surface area (Å²) in [7, 11) is -1.54. The Morgan fingerprint density at radius 2 is 2.00 bits per heavy atom. The summed E-state index contributed by atoms with van der Waals surface area (Å²) in [6.07, 6.45) is 0.437. The van der Waals surface area contributed by atoms with E-state index in [1.54, 1.807) is 12.1 Å². The number of rotatable bonds is 1. The topological polar surface area (TPSA) is 57.5 Å². The maximum absolute atomic E-state index is 11.5. The molecular weight excluding hydrogens is 167 g/mol. The van der Waals surface area contributed by atoms with Crippen LogP contribution in [0.15, 0.2) is 24.3 Å². The van der Waals surface area contributed by atoms with Gasteiger partial charge >= 0.3 is 7.12 Å². The van der Waals surface area contributed by atoms with Gasteiger partial charge in [-0.05, 0) is 12.0 Å². The molecule has 1 aliphatic rings. The Balaban J connectivity index is 2.38. The Morgan fingerprint density at radius 3 is 2.62 bits per heavy atom. The predicted molar refractivity (Wildman–Crippen MR) is 48.4 cm³/mol. The first kappa shape index (κ1) is 8.47. The molecule has 66 valence electrons. The predicted octanol–water partition coefficient (Wildman–Crippen LogP) is 0.268. The highest BCUT2D eigenvalue weighted by Crippen LogP contribution is 2.30. The molecule has 2 N–H and O–H groups in total. The Labute approximate surface area is 76.2 Å². The smallest absolute Gasteiger partial charge is 0.427 e. The van der Waals surface area contributed by atoms with Crippen LogP contribution in [0.25, 0.3) is 0 Å². The van der Waals surface area contributed by atoms with Crippen LogP contribution in [0.2, 0.25) is 5.82 Å². The first-order valence-corrected chi connectivity index (χ1v) is 4.18. The van der Waals surface area contributed by atoms with Crippen molar-refractivity contribution in [2.75, 3.05) is 0 Å². The summed E-state index contributed by atoms with van der Waals surface area (Å²) in [6.45, 7) is 0. The van der Waals surface area contributed by atoms with Gasteiger partial charge in [-0.1, -0.05) is 24.3 Å². The van der Waals surface area contributed by atoms with E-state index in [1.807, 2.05) is 12.1 Å². The zero-order valence-electron chi connectivity index (χ0n) is 6.97. The van der Waals surface area contributed by atoms with Gasteiger partial charge in [0.25, 0.3) is 0 Å². The highest BCUT2D eigenvalue weighted by molar-refractivity contribution is 6.51. The maximum Gasteiger partial charge on any atom is 0.463 e. The van der Waals surface area contributed by atoms with Crippen molar-refractivity contribution in [1.82, 2.24) is 0 Å². The summed E-state index contributed by atoms with van der Waals surface area (Å²) in [4.78, 5) is 11.5. The lowest BCUT2D eigenvalue weighted by atomic mass is 9.70. The van der Waals surface area contributed by atoms with Gasteiger partial charge in [0.05, 0.1) is 5.82 Å². The molecule has 4 heteroatoms. The van der Waals surface area contributed by atoms with Crippen molar-refractivity contribution in [3.05, 3.63) is 35.4 Å². The molecule has 0 bridgehead atoms. The molecule has 1 aliphatic carbocycles. The molecular formula is C9H9BO3. The number of hydrogen-bond donors (Lipinski definition) is 2. The Hall–Kier alpha value is -1.13. The van der Waals surface area contributed by atoms with Crippen LogP contribution in [0.3, 0.4) is 0 Å². The number of benzene rings is 1. The molecule has 0 aromatic heterocycles. The first-order valence-electron chi connectivity index (χ1n) is 4.18. The fourth-order valence-corrected chi connectivity index (χ4v) is 1.71. The Morgan fingerprint density at radius 1 is 1.31 bits per heavy atom. The van der Waals surface area contributed by atoms with E-state index in [4.69, 9.17) is 10.0 Å². The Bertz CT molecular complexity index is 348. The second-order valence-electron chi connectivity index (χ2n) is 3.25. The molecule has 3 nitrogen and oxygen atoms in total. The Kier molecular flexibility index (Phi) is 1.94. The largest absolute Gasteiger partial charge is 0.463 e. The van der Waals surface area contributed by atoms with Gasteiger partial charge in [0.2, 0.25) is 0 Å². The number of fused-ring (bicyclic) bond motifs is 1. The molecule has 0 amide bonds. The first-order chi connectivity index (χ1) is 6.20. The highest BCUT2D eigenvalue weighted by Gasteiger charge is 2.37. The van der Waals surface area contributed by atoms with Gasteiger partial charge in [-0.15, -0.1) is 0 Å². The van der Waals surface area contributed by atoms with Crippen molar-refractivity contribution in [3.63, 3.8) is 0 Å². The molecule has 1 aromatic carbocycles. The molecule has 0 saturated carbocycles. The van der Waals surface area contributed by atoms with Crippen LogP contribution in [0.5, 0.6) is 0 Å². The highest BCUT2D eigenvalue weighted by atomic mass is 16.4. The fourth-order valence-electron chi connectivity index (χ4n) is 1.71. The molecule has 2 rings (SSSR count). The van der Waals surface area contributed by atoms with E-state index in [1.165, 1.54) is 0 Å². The van der Waals surface area contributed by atoms with Gasteiger partial charge in [-0.25, -0.2) is 0 Å². The van der Waals surface area contributed by atoms with Crippen molar-refractivity contribution in [3.8, 4) is 0 Å². The van der Waals surface area contributed by atoms with Crippen LogP contribution in [-0.4, -0.2) is 22.9 Å². The molecule has 0 fully saturated rings. The lowest BCUT2D eigenvalue weighted by molar-refractivity contribution is 0.0983. The fraction of sp³-hybridized carbons (Fsp3) is 0.222. The second kappa shape index (κ2) is 2.98. The number of carbonyl (C=O) groups is 1.